The number of benzene rings is 3. The quantitative estimate of drug-likeness (QED) is 0.257. The lowest BCUT2D eigenvalue weighted by Crippen LogP contribution is -2.25. The molecule has 0 radical (unpaired) electrons. The van der Waals surface area contributed by atoms with Crippen LogP contribution in [0.2, 0.25) is 0 Å². The van der Waals surface area contributed by atoms with Gasteiger partial charge < -0.3 is 19.5 Å². The first-order valence-corrected chi connectivity index (χ1v) is 9.92. The SMILES string of the molecule is Cc1ccc(NCC(=O)NN=Cc2ccccc2OC(=O)c2ccc3c(c2)OCO3)cc1. The van der Waals surface area contributed by atoms with Crippen LogP contribution in [0.1, 0.15) is 21.5 Å². The van der Waals surface area contributed by atoms with E-state index in [9.17, 15) is 9.59 Å². The van der Waals surface area contributed by atoms with Gasteiger partial charge in [0.2, 0.25) is 6.79 Å². The van der Waals surface area contributed by atoms with Crippen LogP contribution in [0.5, 0.6) is 17.2 Å². The minimum absolute atomic E-state index is 0.0706. The number of hydrogen-bond acceptors (Lipinski definition) is 7. The summed E-state index contributed by atoms with van der Waals surface area (Å²) in [6.07, 6.45) is 1.42. The van der Waals surface area contributed by atoms with E-state index in [-0.39, 0.29) is 19.2 Å². The van der Waals surface area contributed by atoms with Crippen molar-refractivity contribution in [2.24, 2.45) is 5.10 Å². The van der Waals surface area contributed by atoms with Crippen molar-refractivity contribution in [2.75, 3.05) is 18.7 Å². The number of carbonyl (C=O) groups is 2. The van der Waals surface area contributed by atoms with Crippen LogP contribution in [0.25, 0.3) is 0 Å². The summed E-state index contributed by atoms with van der Waals surface area (Å²) in [5.74, 6) is 0.538. The normalized spacial score (nSPS) is 11.9. The van der Waals surface area contributed by atoms with Gasteiger partial charge >= 0.3 is 5.97 Å². The third-order valence-corrected chi connectivity index (χ3v) is 4.63. The summed E-state index contributed by atoms with van der Waals surface area (Å²) in [5, 5.41) is 6.98. The number of anilines is 1. The van der Waals surface area contributed by atoms with Gasteiger partial charge in [-0.25, -0.2) is 10.2 Å². The van der Waals surface area contributed by atoms with Crippen molar-refractivity contribution in [3.63, 3.8) is 0 Å². The van der Waals surface area contributed by atoms with E-state index in [1.54, 1.807) is 42.5 Å². The fourth-order valence-electron chi connectivity index (χ4n) is 2.93. The van der Waals surface area contributed by atoms with Gasteiger partial charge in [0.15, 0.2) is 11.5 Å². The number of aryl methyl sites for hydroxylation is 1. The Morgan fingerprint density at radius 3 is 2.66 bits per heavy atom. The number of amides is 1. The fourth-order valence-corrected chi connectivity index (χ4v) is 2.93. The van der Waals surface area contributed by atoms with Gasteiger partial charge in [-0.2, -0.15) is 5.10 Å². The molecule has 0 unspecified atom stereocenters. The van der Waals surface area contributed by atoms with E-state index in [0.717, 1.165) is 11.3 Å². The largest absolute Gasteiger partial charge is 0.454 e. The lowest BCUT2D eigenvalue weighted by Gasteiger charge is -2.08. The molecule has 1 amide bonds. The molecule has 0 saturated carbocycles. The highest BCUT2D eigenvalue weighted by molar-refractivity contribution is 5.94. The number of hydrazone groups is 1. The molecular formula is C24H21N3O5. The Morgan fingerprint density at radius 2 is 1.81 bits per heavy atom. The summed E-state index contributed by atoms with van der Waals surface area (Å²) in [6.45, 7) is 2.19. The molecule has 162 valence electrons. The van der Waals surface area contributed by atoms with Crippen molar-refractivity contribution < 1.29 is 23.8 Å². The zero-order valence-electron chi connectivity index (χ0n) is 17.3. The van der Waals surface area contributed by atoms with Crippen LogP contribution in [0.3, 0.4) is 0 Å². The standard InChI is InChI=1S/C24H21N3O5/c1-16-6-9-19(10-7-16)25-14-23(28)27-26-13-18-4-2-3-5-20(18)32-24(29)17-8-11-21-22(12-17)31-15-30-21/h2-13,25H,14-15H2,1H3,(H,27,28). The van der Waals surface area contributed by atoms with Crippen LogP contribution in [0.15, 0.2) is 71.8 Å². The van der Waals surface area contributed by atoms with Crippen LogP contribution in [0.4, 0.5) is 5.69 Å². The van der Waals surface area contributed by atoms with Crippen molar-refractivity contribution in [1.29, 1.82) is 0 Å². The molecule has 8 nitrogen and oxygen atoms in total. The molecule has 0 spiro atoms. The molecule has 0 bridgehead atoms. The molecule has 0 atom stereocenters. The number of hydrogen-bond donors (Lipinski definition) is 2. The molecule has 3 aromatic carbocycles. The Balaban J connectivity index is 1.34. The second-order valence-electron chi connectivity index (χ2n) is 7.01. The van der Waals surface area contributed by atoms with Crippen molar-refractivity contribution in [2.45, 2.75) is 6.92 Å². The van der Waals surface area contributed by atoms with Crippen molar-refractivity contribution >= 4 is 23.8 Å². The van der Waals surface area contributed by atoms with Crippen LogP contribution in [-0.4, -0.2) is 31.4 Å². The highest BCUT2D eigenvalue weighted by atomic mass is 16.7. The molecule has 4 rings (SSSR count). The van der Waals surface area contributed by atoms with E-state index in [1.165, 1.54) is 6.21 Å². The summed E-state index contributed by atoms with van der Waals surface area (Å²) in [6, 6.07) is 19.4. The van der Waals surface area contributed by atoms with Gasteiger partial charge in [0, 0.05) is 11.3 Å². The molecule has 0 saturated heterocycles. The number of ether oxygens (including phenoxy) is 3. The molecule has 1 heterocycles. The Labute approximate surface area is 184 Å². The van der Waals surface area contributed by atoms with Crippen LogP contribution in [0, 0.1) is 6.92 Å². The Kier molecular flexibility index (Phi) is 6.31. The first kappa shape index (κ1) is 20.9. The average molecular weight is 431 g/mol. The highest BCUT2D eigenvalue weighted by Gasteiger charge is 2.18. The van der Waals surface area contributed by atoms with E-state index >= 15 is 0 Å². The van der Waals surface area contributed by atoms with E-state index in [1.807, 2.05) is 31.2 Å². The van der Waals surface area contributed by atoms with Gasteiger partial charge in [-0.05, 0) is 49.4 Å². The minimum atomic E-state index is -0.546. The molecule has 3 aromatic rings. The first-order valence-electron chi connectivity index (χ1n) is 9.92. The number of esters is 1. The summed E-state index contributed by atoms with van der Waals surface area (Å²) < 4.78 is 16.1. The maximum absolute atomic E-state index is 12.5. The minimum Gasteiger partial charge on any atom is -0.454 e. The van der Waals surface area contributed by atoms with Crippen LogP contribution in [-0.2, 0) is 4.79 Å². The predicted molar refractivity (Wildman–Crippen MR) is 119 cm³/mol. The molecule has 0 aliphatic carbocycles. The zero-order chi connectivity index (χ0) is 22.3. The lowest BCUT2D eigenvalue weighted by atomic mass is 10.2. The van der Waals surface area contributed by atoms with Gasteiger partial charge in [-0.15, -0.1) is 0 Å². The number of nitrogens with one attached hydrogen (secondary N) is 2. The molecular weight excluding hydrogens is 410 g/mol. The van der Waals surface area contributed by atoms with Gasteiger partial charge in [-0.3, -0.25) is 4.79 Å². The molecule has 1 aliphatic rings. The predicted octanol–water partition coefficient (Wildman–Crippen LogP) is 3.51. The number of nitrogens with zero attached hydrogens (tertiary/aromatic N) is 1. The van der Waals surface area contributed by atoms with E-state index < -0.39 is 5.97 Å². The van der Waals surface area contributed by atoms with Gasteiger partial charge in [-0.1, -0.05) is 29.8 Å². The van der Waals surface area contributed by atoms with Gasteiger partial charge in [0.05, 0.1) is 18.3 Å². The van der Waals surface area contributed by atoms with E-state index in [0.29, 0.717) is 28.4 Å². The average Bonchev–Trinajstić information content (AvgIpc) is 3.28. The molecule has 32 heavy (non-hydrogen) atoms. The maximum atomic E-state index is 12.5. The number of fused-ring (bicyclic) bond motifs is 1. The van der Waals surface area contributed by atoms with E-state index in [2.05, 4.69) is 15.8 Å². The summed E-state index contributed by atoms with van der Waals surface area (Å²) in [4.78, 5) is 24.6. The number of para-hydroxylation sites is 1. The molecule has 0 fully saturated rings. The Hall–Kier alpha value is -4.33. The summed E-state index contributed by atoms with van der Waals surface area (Å²) in [5.41, 5.74) is 5.30. The van der Waals surface area contributed by atoms with Crippen molar-refractivity contribution in [3.05, 3.63) is 83.4 Å². The van der Waals surface area contributed by atoms with Crippen molar-refractivity contribution in [3.8, 4) is 17.2 Å². The zero-order valence-corrected chi connectivity index (χ0v) is 17.3. The summed E-state index contributed by atoms with van der Waals surface area (Å²) >= 11 is 0. The van der Waals surface area contributed by atoms with Gasteiger partial charge in [0.25, 0.3) is 5.91 Å². The Bertz CT molecular complexity index is 1160. The molecule has 0 aromatic heterocycles. The summed E-state index contributed by atoms with van der Waals surface area (Å²) in [7, 11) is 0. The molecule has 1 aliphatic heterocycles. The smallest absolute Gasteiger partial charge is 0.343 e. The Morgan fingerprint density at radius 1 is 1.03 bits per heavy atom. The number of rotatable bonds is 7. The van der Waals surface area contributed by atoms with Crippen LogP contribution < -0.4 is 25.0 Å². The third-order valence-electron chi connectivity index (χ3n) is 4.63. The number of carbonyl (C=O) groups excluding carboxylic acids is 2. The highest BCUT2D eigenvalue weighted by Crippen LogP contribution is 2.32. The second-order valence-corrected chi connectivity index (χ2v) is 7.01. The molecule has 2 N–H and O–H groups in total. The van der Waals surface area contributed by atoms with E-state index in [4.69, 9.17) is 14.2 Å². The second kappa shape index (κ2) is 9.65. The van der Waals surface area contributed by atoms with Crippen LogP contribution >= 0.6 is 0 Å². The topological polar surface area (TPSA) is 98.2 Å². The fraction of sp³-hybridized carbons (Fsp3) is 0.125. The van der Waals surface area contributed by atoms with Gasteiger partial charge in [0.1, 0.15) is 5.75 Å². The first-order chi connectivity index (χ1) is 15.6. The maximum Gasteiger partial charge on any atom is 0.343 e. The van der Waals surface area contributed by atoms with Crippen molar-refractivity contribution in [1.82, 2.24) is 5.43 Å². The monoisotopic (exact) mass is 431 g/mol. The molecule has 8 heteroatoms. The third kappa shape index (κ3) is 5.23. The lowest BCUT2D eigenvalue weighted by molar-refractivity contribution is -0.119.